The molecule has 92 valence electrons. The molecule has 1 unspecified atom stereocenters. The largest absolute Gasteiger partial charge is 0.355 e. The highest BCUT2D eigenvalue weighted by Gasteiger charge is 2.15. The van der Waals surface area contributed by atoms with Crippen LogP contribution in [0.5, 0.6) is 0 Å². The van der Waals surface area contributed by atoms with Gasteiger partial charge in [-0.15, -0.1) is 0 Å². The quantitative estimate of drug-likeness (QED) is 0.756. The molecule has 0 aliphatic rings. The fourth-order valence-electron chi connectivity index (χ4n) is 1.70. The summed E-state index contributed by atoms with van der Waals surface area (Å²) in [4.78, 5) is 10.3. The molecule has 0 fully saturated rings. The maximum Gasteiger partial charge on any atom is 0.137 e. The summed E-state index contributed by atoms with van der Waals surface area (Å²) in [6, 6.07) is 2.23. The summed E-state index contributed by atoms with van der Waals surface area (Å²) >= 11 is 6.06. The van der Waals surface area contributed by atoms with Gasteiger partial charge in [0.15, 0.2) is 0 Å². The highest BCUT2D eigenvalue weighted by molar-refractivity contribution is 6.30. The summed E-state index contributed by atoms with van der Waals surface area (Å²) in [6.07, 6.45) is 2.25. The zero-order valence-electron chi connectivity index (χ0n) is 10.4. The van der Waals surface area contributed by atoms with Gasteiger partial charge in [-0.2, -0.15) is 5.26 Å². The van der Waals surface area contributed by atoms with Crippen LogP contribution in [0.3, 0.4) is 0 Å². The second kappa shape index (κ2) is 6.41. The minimum absolute atomic E-state index is 0.0339. The molecule has 0 N–H and O–H groups in total. The third kappa shape index (κ3) is 3.31. The Bertz CT molecular complexity index is 413. The van der Waals surface area contributed by atoms with E-state index in [2.05, 4.69) is 20.9 Å². The Hall–Kier alpha value is -1.34. The van der Waals surface area contributed by atoms with Crippen LogP contribution in [0.2, 0.25) is 5.15 Å². The lowest BCUT2D eigenvalue weighted by atomic mass is 10.1. The summed E-state index contributed by atoms with van der Waals surface area (Å²) in [5, 5.41) is 9.37. The van der Waals surface area contributed by atoms with Crippen LogP contribution in [0.25, 0.3) is 0 Å². The number of halogens is 1. The molecule has 4 nitrogen and oxygen atoms in total. The second-order valence-electron chi connectivity index (χ2n) is 3.89. The number of hydrogen-bond donors (Lipinski definition) is 0. The minimum Gasteiger partial charge on any atom is -0.355 e. The Morgan fingerprint density at radius 2 is 2.18 bits per heavy atom. The second-order valence-corrected chi connectivity index (χ2v) is 4.25. The van der Waals surface area contributed by atoms with Crippen molar-refractivity contribution in [3.8, 4) is 6.07 Å². The molecular formula is C12H17ClN4. The molecule has 0 aliphatic heterocycles. The predicted octanol–water partition coefficient (Wildman–Crippen LogP) is 2.68. The van der Waals surface area contributed by atoms with E-state index in [0.717, 1.165) is 24.3 Å². The first-order valence-corrected chi connectivity index (χ1v) is 6.15. The molecule has 1 rings (SSSR count). The predicted molar refractivity (Wildman–Crippen MR) is 69.1 cm³/mol. The molecule has 0 saturated carbocycles. The van der Waals surface area contributed by atoms with E-state index in [1.807, 2.05) is 20.8 Å². The summed E-state index contributed by atoms with van der Waals surface area (Å²) in [6.45, 7) is 7.42. The van der Waals surface area contributed by atoms with Gasteiger partial charge >= 0.3 is 0 Å². The summed E-state index contributed by atoms with van der Waals surface area (Å²) in [7, 11) is 0. The third-order valence-electron chi connectivity index (χ3n) is 2.62. The van der Waals surface area contributed by atoms with Crippen LogP contribution in [0.1, 0.15) is 26.3 Å². The van der Waals surface area contributed by atoms with Gasteiger partial charge in [0.2, 0.25) is 0 Å². The van der Waals surface area contributed by atoms with Crippen molar-refractivity contribution in [1.29, 1.82) is 5.26 Å². The van der Waals surface area contributed by atoms with Crippen molar-refractivity contribution < 1.29 is 0 Å². The van der Waals surface area contributed by atoms with Crippen LogP contribution < -0.4 is 4.90 Å². The normalized spacial score (nSPS) is 11.9. The molecule has 0 amide bonds. The van der Waals surface area contributed by atoms with Crippen LogP contribution in [0, 0.1) is 17.2 Å². The van der Waals surface area contributed by atoms with E-state index in [-0.39, 0.29) is 5.92 Å². The van der Waals surface area contributed by atoms with Crippen molar-refractivity contribution in [2.75, 3.05) is 18.0 Å². The molecular weight excluding hydrogens is 236 g/mol. The summed E-state index contributed by atoms with van der Waals surface area (Å²) in [5.74, 6) is 0.811. The third-order valence-corrected chi connectivity index (χ3v) is 2.95. The number of hydrogen-bond acceptors (Lipinski definition) is 4. The molecule has 0 aromatic carbocycles. The van der Waals surface area contributed by atoms with Crippen molar-refractivity contribution in [3.05, 3.63) is 17.0 Å². The van der Waals surface area contributed by atoms with Gasteiger partial charge in [0.25, 0.3) is 0 Å². The average Bonchev–Trinajstić information content (AvgIpc) is 2.35. The van der Waals surface area contributed by atoms with Crippen molar-refractivity contribution in [2.45, 2.75) is 27.2 Å². The van der Waals surface area contributed by atoms with E-state index < -0.39 is 0 Å². The van der Waals surface area contributed by atoms with Gasteiger partial charge < -0.3 is 4.90 Å². The van der Waals surface area contributed by atoms with Gasteiger partial charge in [-0.05, 0) is 20.3 Å². The van der Waals surface area contributed by atoms with Gasteiger partial charge in [-0.25, -0.2) is 9.97 Å². The van der Waals surface area contributed by atoms with Crippen LogP contribution in [0.15, 0.2) is 6.33 Å². The highest BCUT2D eigenvalue weighted by atomic mass is 35.5. The molecule has 0 bridgehead atoms. The fourth-order valence-corrected chi connectivity index (χ4v) is 1.96. The molecule has 5 heteroatoms. The lowest BCUT2D eigenvalue weighted by Gasteiger charge is -2.25. The molecule has 0 aliphatic carbocycles. The smallest absolute Gasteiger partial charge is 0.137 e. The standard InChI is InChI=1S/C12H17ClN4/c1-4-10-11(13)15-8-16-12(10)17(5-2)7-9(3)6-14/h8-9H,4-5,7H2,1-3H3. The molecule has 1 aromatic rings. The van der Waals surface area contributed by atoms with Crippen LogP contribution in [-0.4, -0.2) is 23.1 Å². The zero-order valence-corrected chi connectivity index (χ0v) is 11.2. The Kier molecular flexibility index (Phi) is 5.17. The molecule has 0 saturated heterocycles. The molecule has 1 aromatic heterocycles. The number of nitrogens with zero attached hydrogens (tertiary/aromatic N) is 4. The van der Waals surface area contributed by atoms with E-state index in [0.29, 0.717) is 11.7 Å². The molecule has 0 spiro atoms. The summed E-state index contributed by atoms with van der Waals surface area (Å²) < 4.78 is 0. The van der Waals surface area contributed by atoms with E-state index in [1.54, 1.807) is 0 Å². The fraction of sp³-hybridized carbons (Fsp3) is 0.583. The molecule has 1 atom stereocenters. The van der Waals surface area contributed by atoms with Gasteiger partial charge in [-0.3, -0.25) is 0 Å². The Morgan fingerprint density at radius 1 is 1.47 bits per heavy atom. The number of rotatable bonds is 5. The number of nitriles is 1. The SMILES string of the molecule is CCc1c(Cl)ncnc1N(CC)CC(C)C#N. The first-order valence-electron chi connectivity index (χ1n) is 5.77. The highest BCUT2D eigenvalue weighted by Crippen LogP contribution is 2.24. The van der Waals surface area contributed by atoms with Gasteiger partial charge in [0.1, 0.15) is 17.3 Å². The topological polar surface area (TPSA) is 52.8 Å². The Labute approximate surface area is 107 Å². The van der Waals surface area contributed by atoms with Gasteiger partial charge in [0.05, 0.1) is 12.0 Å². The lowest BCUT2D eigenvalue weighted by Crippen LogP contribution is -2.29. The van der Waals surface area contributed by atoms with E-state index >= 15 is 0 Å². The Morgan fingerprint density at radius 3 is 2.71 bits per heavy atom. The van der Waals surface area contributed by atoms with E-state index in [4.69, 9.17) is 16.9 Å². The maximum atomic E-state index is 8.87. The van der Waals surface area contributed by atoms with E-state index in [9.17, 15) is 0 Å². The lowest BCUT2D eigenvalue weighted by molar-refractivity contribution is 0.675. The van der Waals surface area contributed by atoms with Crippen LogP contribution in [-0.2, 0) is 6.42 Å². The number of aromatic nitrogens is 2. The molecule has 1 heterocycles. The number of anilines is 1. The van der Waals surface area contributed by atoms with Crippen molar-refractivity contribution in [1.82, 2.24) is 9.97 Å². The van der Waals surface area contributed by atoms with Crippen LogP contribution in [0.4, 0.5) is 5.82 Å². The van der Waals surface area contributed by atoms with E-state index in [1.165, 1.54) is 6.33 Å². The van der Waals surface area contributed by atoms with Crippen molar-refractivity contribution in [3.63, 3.8) is 0 Å². The van der Waals surface area contributed by atoms with Crippen molar-refractivity contribution in [2.24, 2.45) is 5.92 Å². The Balaban J connectivity index is 3.04. The van der Waals surface area contributed by atoms with Gasteiger partial charge in [-0.1, -0.05) is 18.5 Å². The van der Waals surface area contributed by atoms with Crippen molar-refractivity contribution >= 4 is 17.4 Å². The zero-order chi connectivity index (χ0) is 12.8. The maximum absolute atomic E-state index is 8.87. The molecule has 17 heavy (non-hydrogen) atoms. The first kappa shape index (κ1) is 13.7. The summed E-state index contributed by atoms with van der Waals surface area (Å²) in [5.41, 5.74) is 0.946. The first-order chi connectivity index (χ1) is 8.13. The molecule has 0 radical (unpaired) electrons. The van der Waals surface area contributed by atoms with Gasteiger partial charge in [0, 0.05) is 18.7 Å². The average molecular weight is 253 g/mol. The monoisotopic (exact) mass is 252 g/mol. The minimum atomic E-state index is -0.0339. The van der Waals surface area contributed by atoms with Crippen LogP contribution >= 0.6 is 11.6 Å².